The Labute approximate surface area is 146 Å². The van der Waals surface area contributed by atoms with Crippen LogP contribution in [-0.2, 0) is 18.9 Å². The zero-order valence-corrected chi connectivity index (χ0v) is 13.3. The molecule has 0 aromatic carbocycles. The van der Waals surface area contributed by atoms with Crippen LogP contribution in [0, 0.1) is 11.8 Å². The van der Waals surface area contributed by atoms with E-state index in [1.807, 2.05) is 0 Å². The van der Waals surface area contributed by atoms with Crippen molar-refractivity contribution in [3.05, 3.63) is 0 Å². The van der Waals surface area contributed by atoms with Crippen molar-refractivity contribution in [3.63, 3.8) is 0 Å². The van der Waals surface area contributed by atoms with Crippen LogP contribution in [0.3, 0.4) is 0 Å². The largest absolute Gasteiger partial charge is 0.506 e. The molecule has 2 aliphatic rings. The molecule has 146 valence electrons. The highest BCUT2D eigenvalue weighted by Gasteiger charge is 2.55. The molecule has 0 aromatic rings. The number of hydrogen-bond acceptors (Lipinski definition) is 8. The van der Waals surface area contributed by atoms with Gasteiger partial charge in [0, 0.05) is 11.8 Å². The lowest BCUT2D eigenvalue weighted by atomic mass is 9.65. The third kappa shape index (κ3) is 4.58. The molecule has 2 saturated carbocycles. The standard InChI is InChI=1S/C14H18O12/c15-11(16)23-5-1-2-6(24-12(17)18)10-8(26-14(21)22)4-3-7(9(5)10)25-13(19)20/h5-10H,1-4H2,(H,15,16)(H,17,18)(H,19,20)(H,21,22). The molecule has 12 heteroatoms. The van der Waals surface area contributed by atoms with Crippen LogP contribution in [0.2, 0.25) is 0 Å². The van der Waals surface area contributed by atoms with Gasteiger partial charge in [-0.15, -0.1) is 0 Å². The molecule has 2 rings (SSSR count). The van der Waals surface area contributed by atoms with Crippen LogP contribution in [0.5, 0.6) is 0 Å². The van der Waals surface area contributed by atoms with Crippen molar-refractivity contribution >= 4 is 24.6 Å². The molecule has 0 amide bonds. The van der Waals surface area contributed by atoms with Crippen LogP contribution in [0.15, 0.2) is 0 Å². The summed E-state index contributed by atoms with van der Waals surface area (Å²) in [5.74, 6) is -1.89. The summed E-state index contributed by atoms with van der Waals surface area (Å²) in [6.45, 7) is 0. The molecule has 4 N–H and O–H groups in total. The topological polar surface area (TPSA) is 186 Å². The van der Waals surface area contributed by atoms with Gasteiger partial charge in [0.1, 0.15) is 24.4 Å². The van der Waals surface area contributed by atoms with Gasteiger partial charge < -0.3 is 39.4 Å². The predicted octanol–water partition coefficient (Wildman–Crippen LogP) is 2.06. The molecular formula is C14H18O12. The molecule has 0 saturated heterocycles. The fourth-order valence-corrected chi connectivity index (χ4v) is 3.97. The maximum atomic E-state index is 11.0. The number of fused-ring (bicyclic) bond motifs is 1. The molecule has 4 atom stereocenters. The lowest BCUT2D eigenvalue weighted by Crippen LogP contribution is -2.57. The summed E-state index contributed by atoms with van der Waals surface area (Å²) in [5.41, 5.74) is 0. The zero-order chi connectivity index (χ0) is 19.4. The minimum absolute atomic E-state index is 0.0602. The van der Waals surface area contributed by atoms with Crippen LogP contribution in [0.1, 0.15) is 25.7 Å². The maximum Gasteiger partial charge on any atom is 0.506 e. The van der Waals surface area contributed by atoms with Crippen molar-refractivity contribution in [2.75, 3.05) is 0 Å². The Bertz CT molecular complexity index is 476. The van der Waals surface area contributed by atoms with Gasteiger partial charge >= 0.3 is 24.6 Å². The zero-order valence-electron chi connectivity index (χ0n) is 13.3. The van der Waals surface area contributed by atoms with Gasteiger partial charge in [0.25, 0.3) is 0 Å². The Morgan fingerprint density at radius 1 is 0.500 bits per heavy atom. The van der Waals surface area contributed by atoms with Gasteiger partial charge in [-0.1, -0.05) is 0 Å². The highest BCUT2D eigenvalue weighted by Crippen LogP contribution is 2.46. The minimum atomic E-state index is -1.60. The summed E-state index contributed by atoms with van der Waals surface area (Å²) in [6, 6.07) is 0. The van der Waals surface area contributed by atoms with E-state index in [1.54, 1.807) is 0 Å². The van der Waals surface area contributed by atoms with E-state index in [2.05, 4.69) is 0 Å². The van der Waals surface area contributed by atoms with E-state index < -0.39 is 60.9 Å². The third-order valence-electron chi connectivity index (χ3n) is 4.64. The molecule has 4 unspecified atom stereocenters. The van der Waals surface area contributed by atoms with E-state index in [0.717, 1.165) is 0 Å². The Morgan fingerprint density at radius 2 is 0.692 bits per heavy atom. The summed E-state index contributed by atoms with van der Waals surface area (Å²) in [5, 5.41) is 35.7. The quantitative estimate of drug-likeness (QED) is 0.412. The maximum absolute atomic E-state index is 11.0. The Hall–Kier alpha value is -2.92. The summed E-state index contributed by atoms with van der Waals surface area (Å²) in [4.78, 5) is 43.8. The molecule has 26 heavy (non-hydrogen) atoms. The highest BCUT2D eigenvalue weighted by atomic mass is 16.7. The van der Waals surface area contributed by atoms with Crippen LogP contribution < -0.4 is 0 Å². The van der Waals surface area contributed by atoms with Crippen molar-refractivity contribution in [3.8, 4) is 0 Å². The van der Waals surface area contributed by atoms with E-state index in [9.17, 15) is 19.2 Å². The van der Waals surface area contributed by atoms with Gasteiger partial charge in [0.05, 0.1) is 0 Å². The molecule has 12 nitrogen and oxygen atoms in total. The molecule has 2 fully saturated rings. The molecular weight excluding hydrogens is 360 g/mol. The van der Waals surface area contributed by atoms with Crippen LogP contribution in [0.4, 0.5) is 19.2 Å². The average Bonchev–Trinajstić information content (AvgIpc) is 2.49. The fourth-order valence-electron chi connectivity index (χ4n) is 3.97. The number of hydrogen-bond donors (Lipinski definition) is 4. The summed E-state index contributed by atoms with van der Waals surface area (Å²) in [7, 11) is 0. The van der Waals surface area contributed by atoms with E-state index in [-0.39, 0.29) is 25.7 Å². The Balaban J connectivity index is 2.37. The SMILES string of the molecule is O=C(O)OC1CCC(OC(=O)O)C2C(OC(=O)O)CCC(OC(=O)O)C12. The van der Waals surface area contributed by atoms with Crippen molar-refractivity contribution in [2.24, 2.45) is 11.8 Å². The van der Waals surface area contributed by atoms with Gasteiger partial charge in [-0.25, -0.2) is 19.2 Å². The molecule has 0 radical (unpaired) electrons. The Kier molecular flexibility index (Phi) is 5.95. The lowest BCUT2D eigenvalue weighted by Gasteiger charge is -2.49. The van der Waals surface area contributed by atoms with Crippen LogP contribution in [0.25, 0.3) is 0 Å². The fraction of sp³-hybridized carbons (Fsp3) is 0.714. The summed E-state index contributed by atoms with van der Waals surface area (Å²) in [6.07, 6.45) is -10.2. The minimum Gasteiger partial charge on any atom is -0.450 e. The van der Waals surface area contributed by atoms with E-state index >= 15 is 0 Å². The van der Waals surface area contributed by atoms with Crippen molar-refractivity contribution in [2.45, 2.75) is 50.1 Å². The molecule has 0 bridgehead atoms. The predicted molar refractivity (Wildman–Crippen MR) is 77.0 cm³/mol. The number of carboxylic acid groups (broad SMARTS) is 4. The molecule has 0 heterocycles. The lowest BCUT2D eigenvalue weighted by molar-refractivity contribution is -0.168. The second-order valence-electron chi connectivity index (χ2n) is 6.00. The number of rotatable bonds is 4. The van der Waals surface area contributed by atoms with Crippen molar-refractivity contribution in [1.29, 1.82) is 0 Å². The first kappa shape index (κ1) is 19.4. The average molecular weight is 378 g/mol. The van der Waals surface area contributed by atoms with Gasteiger partial charge in [0.15, 0.2) is 0 Å². The summed E-state index contributed by atoms with van der Waals surface area (Å²) >= 11 is 0. The first-order valence-corrected chi connectivity index (χ1v) is 7.77. The highest BCUT2D eigenvalue weighted by molar-refractivity contribution is 5.59. The number of ether oxygens (including phenoxy) is 4. The molecule has 0 spiro atoms. The smallest absolute Gasteiger partial charge is 0.450 e. The molecule has 0 aromatic heterocycles. The first-order valence-electron chi connectivity index (χ1n) is 7.77. The number of carbonyl (C=O) groups is 4. The van der Waals surface area contributed by atoms with Crippen molar-refractivity contribution < 1.29 is 58.6 Å². The van der Waals surface area contributed by atoms with E-state index in [4.69, 9.17) is 39.4 Å². The molecule has 0 aliphatic heterocycles. The molecule has 2 aliphatic carbocycles. The van der Waals surface area contributed by atoms with Crippen LogP contribution in [-0.4, -0.2) is 69.5 Å². The van der Waals surface area contributed by atoms with Crippen molar-refractivity contribution in [1.82, 2.24) is 0 Å². The van der Waals surface area contributed by atoms with Gasteiger partial charge in [-0.2, -0.15) is 0 Å². The second-order valence-corrected chi connectivity index (χ2v) is 6.00. The van der Waals surface area contributed by atoms with E-state index in [1.165, 1.54) is 0 Å². The third-order valence-corrected chi connectivity index (χ3v) is 4.64. The first-order chi connectivity index (χ1) is 12.2. The van der Waals surface area contributed by atoms with Gasteiger partial charge in [-0.3, -0.25) is 0 Å². The second kappa shape index (κ2) is 7.97. The van der Waals surface area contributed by atoms with Gasteiger partial charge in [-0.05, 0) is 25.7 Å². The Morgan fingerprint density at radius 3 is 0.846 bits per heavy atom. The monoisotopic (exact) mass is 378 g/mol. The summed E-state index contributed by atoms with van der Waals surface area (Å²) < 4.78 is 19.3. The van der Waals surface area contributed by atoms with Gasteiger partial charge in [0.2, 0.25) is 0 Å². The normalized spacial score (nSPS) is 33.2. The van der Waals surface area contributed by atoms with E-state index in [0.29, 0.717) is 0 Å². The van der Waals surface area contributed by atoms with Crippen LogP contribution >= 0.6 is 0 Å².